The zero-order valence-electron chi connectivity index (χ0n) is 11.7. The Kier molecular flexibility index (Phi) is 3.87. The van der Waals surface area contributed by atoms with E-state index in [2.05, 4.69) is 4.98 Å². The molecule has 6 heteroatoms. The van der Waals surface area contributed by atoms with E-state index in [1.807, 2.05) is 28.8 Å². The van der Waals surface area contributed by atoms with Gasteiger partial charge in [-0.15, -0.1) is 0 Å². The number of rotatable bonds is 3. The Balaban J connectivity index is 1.89. The number of nitrogens with zero attached hydrogens (tertiary/aromatic N) is 3. The largest absolute Gasteiger partial charge is 0.491 e. The lowest BCUT2D eigenvalue weighted by Crippen LogP contribution is -2.31. The van der Waals surface area contributed by atoms with E-state index in [9.17, 15) is 4.79 Å². The summed E-state index contributed by atoms with van der Waals surface area (Å²) in [5.74, 6) is 0.633. The van der Waals surface area contributed by atoms with Crippen LogP contribution in [0.1, 0.15) is 16.9 Å². The van der Waals surface area contributed by atoms with Gasteiger partial charge in [0.2, 0.25) is 0 Å². The molecule has 110 valence electrons. The first kappa shape index (κ1) is 13.6. The number of para-hydroxylation sites is 2. The highest BCUT2D eigenvalue weighted by Crippen LogP contribution is 2.31. The molecule has 21 heavy (non-hydrogen) atoms. The van der Waals surface area contributed by atoms with E-state index in [1.54, 1.807) is 17.4 Å². The molecule has 0 bridgehead atoms. The van der Waals surface area contributed by atoms with Crippen molar-refractivity contribution in [1.82, 2.24) is 9.55 Å². The third-order valence-electron chi connectivity index (χ3n) is 3.42. The molecular formula is C15H18N4O2. The van der Waals surface area contributed by atoms with Gasteiger partial charge in [0.25, 0.3) is 5.91 Å². The standard InChI is InChI=1S/C15H18N4O2/c16-6-8-18-10-12(17-11-18)15(20)19-7-3-9-21-14-5-2-1-4-13(14)19/h1-2,4-5,10-11H,3,6-9,16H2. The zero-order chi connectivity index (χ0) is 14.7. The van der Waals surface area contributed by atoms with Crippen molar-refractivity contribution in [3.63, 3.8) is 0 Å². The topological polar surface area (TPSA) is 73.4 Å². The predicted octanol–water partition coefficient (Wildman–Crippen LogP) is 1.27. The number of aromatic nitrogens is 2. The number of fused-ring (bicyclic) bond motifs is 1. The van der Waals surface area contributed by atoms with Crippen LogP contribution in [-0.4, -0.2) is 35.2 Å². The van der Waals surface area contributed by atoms with Gasteiger partial charge in [0, 0.05) is 25.8 Å². The lowest BCUT2D eigenvalue weighted by atomic mass is 10.2. The Morgan fingerprint density at radius 3 is 3.10 bits per heavy atom. The van der Waals surface area contributed by atoms with Crippen LogP contribution in [0, 0.1) is 0 Å². The first-order valence-corrected chi connectivity index (χ1v) is 7.05. The summed E-state index contributed by atoms with van der Waals surface area (Å²) in [5, 5.41) is 0. The van der Waals surface area contributed by atoms with Gasteiger partial charge < -0.3 is 19.9 Å². The number of anilines is 1. The Bertz CT molecular complexity index is 638. The summed E-state index contributed by atoms with van der Waals surface area (Å²) in [6.45, 7) is 2.41. The number of ether oxygens (including phenoxy) is 1. The van der Waals surface area contributed by atoms with Crippen molar-refractivity contribution in [2.75, 3.05) is 24.6 Å². The highest BCUT2D eigenvalue weighted by Gasteiger charge is 2.24. The number of carbonyl (C=O) groups excluding carboxylic acids is 1. The number of hydrogen-bond acceptors (Lipinski definition) is 4. The molecule has 0 fully saturated rings. The Morgan fingerprint density at radius 2 is 2.24 bits per heavy atom. The van der Waals surface area contributed by atoms with Crippen LogP contribution in [0.2, 0.25) is 0 Å². The second kappa shape index (κ2) is 5.97. The number of nitrogens with two attached hydrogens (primary N) is 1. The SMILES string of the molecule is NCCn1cnc(C(=O)N2CCCOc3ccccc32)c1. The molecule has 1 amide bonds. The normalized spacial score (nSPS) is 14.2. The minimum Gasteiger partial charge on any atom is -0.491 e. The quantitative estimate of drug-likeness (QED) is 0.922. The van der Waals surface area contributed by atoms with Crippen molar-refractivity contribution in [3.05, 3.63) is 42.5 Å². The molecule has 0 spiro atoms. The third-order valence-corrected chi connectivity index (χ3v) is 3.42. The molecule has 0 unspecified atom stereocenters. The molecule has 1 aliphatic heterocycles. The van der Waals surface area contributed by atoms with Crippen LogP contribution in [0.5, 0.6) is 5.75 Å². The van der Waals surface area contributed by atoms with Crippen molar-refractivity contribution >= 4 is 11.6 Å². The molecule has 0 saturated heterocycles. The van der Waals surface area contributed by atoms with Gasteiger partial charge in [0.15, 0.2) is 0 Å². The van der Waals surface area contributed by atoms with Crippen molar-refractivity contribution in [2.24, 2.45) is 5.73 Å². The zero-order valence-corrected chi connectivity index (χ0v) is 11.7. The molecule has 1 aromatic carbocycles. The highest BCUT2D eigenvalue weighted by molar-refractivity contribution is 6.05. The van der Waals surface area contributed by atoms with Crippen molar-refractivity contribution in [3.8, 4) is 5.75 Å². The number of carbonyl (C=O) groups is 1. The minimum atomic E-state index is -0.108. The first-order chi connectivity index (χ1) is 10.3. The van der Waals surface area contributed by atoms with Crippen LogP contribution < -0.4 is 15.4 Å². The fourth-order valence-corrected chi connectivity index (χ4v) is 2.42. The summed E-state index contributed by atoms with van der Waals surface area (Å²) in [6.07, 6.45) is 4.17. The van der Waals surface area contributed by atoms with E-state index >= 15 is 0 Å². The van der Waals surface area contributed by atoms with Crippen LogP contribution in [0.15, 0.2) is 36.8 Å². The van der Waals surface area contributed by atoms with Crippen LogP contribution >= 0.6 is 0 Å². The molecule has 3 rings (SSSR count). The van der Waals surface area contributed by atoms with Crippen LogP contribution in [0.25, 0.3) is 0 Å². The summed E-state index contributed by atoms with van der Waals surface area (Å²) in [7, 11) is 0. The van der Waals surface area contributed by atoms with Gasteiger partial charge in [-0.1, -0.05) is 12.1 Å². The molecule has 2 N–H and O–H groups in total. The van der Waals surface area contributed by atoms with E-state index < -0.39 is 0 Å². The molecule has 0 radical (unpaired) electrons. The molecule has 2 aromatic rings. The second-order valence-electron chi connectivity index (χ2n) is 4.91. The maximum Gasteiger partial charge on any atom is 0.278 e. The van der Waals surface area contributed by atoms with Gasteiger partial charge in [0.1, 0.15) is 11.4 Å². The fourth-order valence-electron chi connectivity index (χ4n) is 2.42. The summed E-state index contributed by atoms with van der Waals surface area (Å²) in [6, 6.07) is 7.59. The molecule has 1 aliphatic rings. The van der Waals surface area contributed by atoms with Gasteiger partial charge in [-0.25, -0.2) is 4.98 Å². The summed E-state index contributed by atoms with van der Waals surface area (Å²) >= 11 is 0. The Hall–Kier alpha value is -2.34. The van der Waals surface area contributed by atoms with Gasteiger partial charge in [0.05, 0.1) is 18.6 Å². The van der Waals surface area contributed by atoms with Crippen molar-refractivity contribution in [2.45, 2.75) is 13.0 Å². The molecule has 0 atom stereocenters. The van der Waals surface area contributed by atoms with Gasteiger partial charge in [-0.3, -0.25) is 4.79 Å². The fraction of sp³-hybridized carbons (Fsp3) is 0.333. The lowest BCUT2D eigenvalue weighted by Gasteiger charge is -2.20. The summed E-state index contributed by atoms with van der Waals surface area (Å²) in [5.41, 5.74) is 6.74. The van der Waals surface area contributed by atoms with Gasteiger partial charge in [-0.05, 0) is 18.6 Å². The molecule has 0 aliphatic carbocycles. The Labute approximate surface area is 123 Å². The first-order valence-electron chi connectivity index (χ1n) is 7.05. The molecular weight excluding hydrogens is 268 g/mol. The van der Waals surface area contributed by atoms with Crippen molar-refractivity contribution < 1.29 is 9.53 Å². The maximum absolute atomic E-state index is 12.7. The molecule has 1 aromatic heterocycles. The average molecular weight is 286 g/mol. The predicted molar refractivity (Wildman–Crippen MR) is 79.5 cm³/mol. The summed E-state index contributed by atoms with van der Waals surface area (Å²) in [4.78, 5) is 18.6. The molecule has 2 heterocycles. The van der Waals surface area contributed by atoms with Crippen LogP contribution in [-0.2, 0) is 6.54 Å². The number of imidazole rings is 1. The minimum absolute atomic E-state index is 0.108. The lowest BCUT2D eigenvalue weighted by molar-refractivity contribution is 0.0983. The van der Waals surface area contributed by atoms with Gasteiger partial charge >= 0.3 is 0 Å². The highest BCUT2D eigenvalue weighted by atomic mass is 16.5. The third kappa shape index (κ3) is 2.75. The maximum atomic E-state index is 12.7. The number of amides is 1. The van der Waals surface area contributed by atoms with E-state index in [0.717, 1.165) is 17.9 Å². The Morgan fingerprint density at radius 1 is 1.38 bits per heavy atom. The monoisotopic (exact) mass is 286 g/mol. The molecule has 0 saturated carbocycles. The second-order valence-corrected chi connectivity index (χ2v) is 4.91. The van der Waals surface area contributed by atoms with Gasteiger partial charge in [-0.2, -0.15) is 0 Å². The number of benzene rings is 1. The van der Waals surface area contributed by atoms with E-state index in [-0.39, 0.29) is 5.91 Å². The van der Waals surface area contributed by atoms with E-state index in [0.29, 0.717) is 31.9 Å². The number of hydrogen-bond donors (Lipinski definition) is 1. The summed E-state index contributed by atoms with van der Waals surface area (Å²) < 4.78 is 7.50. The van der Waals surface area contributed by atoms with E-state index in [1.165, 1.54) is 0 Å². The smallest absolute Gasteiger partial charge is 0.278 e. The van der Waals surface area contributed by atoms with Crippen LogP contribution in [0.4, 0.5) is 5.69 Å². The average Bonchev–Trinajstić information content (AvgIpc) is 2.86. The van der Waals surface area contributed by atoms with Crippen molar-refractivity contribution in [1.29, 1.82) is 0 Å². The molecule has 6 nitrogen and oxygen atoms in total. The van der Waals surface area contributed by atoms with E-state index in [4.69, 9.17) is 10.5 Å². The van der Waals surface area contributed by atoms with Crippen LogP contribution in [0.3, 0.4) is 0 Å².